The van der Waals surface area contributed by atoms with Crippen molar-refractivity contribution in [2.24, 2.45) is 0 Å². The number of ether oxygens (including phenoxy) is 3. The van der Waals surface area contributed by atoms with Gasteiger partial charge in [0.2, 0.25) is 0 Å². The van der Waals surface area contributed by atoms with Crippen LogP contribution in [-0.4, -0.2) is 34.1 Å². The monoisotopic (exact) mass is 482 g/mol. The van der Waals surface area contributed by atoms with Crippen molar-refractivity contribution in [3.05, 3.63) is 72.3 Å². The molecule has 0 bridgehead atoms. The number of unbranched alkanes of at least 4 members (excludes halogenated alkanes) is 1. The first-order valence-electron chi connectivity index (χ1n) is 11.0. The van der Waals surface area contributed by atoms with Crippen molar-refractivity contribution in [2.75, 3.05) is 29.9 Å². The first-order valence-corrected chi connectivity index (χ1v) is 12.5. The number of sulfonamides is 1. The molecule has 1 amide bonds. The topological polar surface area (TPSA) is 103 Å². The summed E-state index contributed by atoms with van der Waals surface area (Å²) in [6.07, 6.45) is 1.94. The van der Waals surface area contributed by atoms with E-state index in [-0.39, 0.29) is 10.8 Å². The molecule has 0 aliphatic carbocycles. The van der Waals surface area contributed by atoms with Crippen LogP contribution >= 0.6 is 0 Å². The van der Waals surface area contributed by atoms with Gasteiger partial charge in [-0.1, -0.05) is 25.5 Å². The molecular weight excluding hydrogens is 456 g/mol. The number of para-hydroxylation sites is 2. The minimum atomic E-state index is -3.85. The van der Waals surface area contributed by atoms with Crippen LogP contribution in [0.2, 0.25) is 0 Å². The Kier molecular flexibility index (Phi) is 7.22. The third-order valence-electron chi connectivity index (χ3n) is 5.11. The molecule has 2 N–H and O–H groups in total. The van der Waals surface area contributed by atoms with Crippen LogP contribution in [0.1, 0.15) is 30.1 Å². The second kappa shape index (κ2) is 10.5. The zero-order valence-electron chi connectivity index (χ0n) is 18.7. The Bertz CT molecular complexity index is 1260. The summed E-state index contributed by atoms with van der Waals surface area (Å²) in [7, 11) is -3.85. The highest BCUT2D eigenvalue weighted by atomic mass is 32.2. The largest absolute Gasteiger partial charge is 0.491 e. The summed E-state index contributed by atoms with van der Waals surface area (Å²) in [5.41, 5.74) is 1.28. The number of nitrogens with one attached hydrogen (secondary N) is 2. The lowest BCUT2D eigenvalue weighted by Gasteiger charge is -2.19. The molecule has 34 heavy (non-hydrogen) atoms. The fraction of sp³-hybridized carbons (Fsp3) is 0.240. The van der Waals surface area contributed by atoms with Crippen molar-refractivity contribution in [3.8, 4) is 17.2 Å². The van der Waals surface area contributed by atoms with Crippen molar-refractivity contribution in [1.29, 1.82) is 0 Å². The fourth-order valence-corrected chi connectivity index (χ4v) is 4.38. The molecule has 1 aliphatic rings. The van der Waals surface area contributed by atoms with E-state index < -0.39 is 10.0 Å². The van der Waals surface area contributed by atoms with E-state index in [0.717, 1.165) is 12.8 Å². The average Bonchev–Trinajstić information content (AvgIpc) is 2.85. The maximum Gasteiger partial charge on any atom is 0.262 e. The molecule has 3 aromatic carbocycles. The van der Waals surface area contributed by atoms with E-state index in [1.54, 1.807) is 30.3 Å². The van der Waals surface area contributed by atoms with Crippen molar-refractivity contribution in [1.82, 2.24) is 0 Å². The van der Waals surface area contributed by atoms with E-state index in [4.69, 9.17) is 14.2 Å². The van der Waals surface area contributed by atoms with Crippen molar-refractivity contribution >= 4 is 27.3 Å². The summed E-state index contributed by atoms with van der Waals surface area (Å²) in [4.78, 5) is 12.8. The smallest absolute Gasteiger partial charge is 0.262 e. The van der Waals surface area contributed by atoms with E-state index >= 15 is 0 Å². The average molecular weight is 483 g/mol. The molecule has 1 aliphatic heterocycles. The van der Waals surface area contributed by atoms with Gasteiger partial charge in [-0.3, -0.25) is 9.52 Å². The number of hydrogen-bond donors (Lipinski definition) is 2. The number of rotatable bonds is 9. The minimum Gasteiger partial charge on any atom is -0.491 e. The Labute approximate surface area is 198 Å². The van der Waals surface area contributed by atoms with Gasteiger partial charge in [0.05, 0.1) is 17.2 Å². The van der Waals surface area contributed by atoms with Gasteiger partial charge in [0, 0.05) is 17.3 Å². The number of carbonyl (C=O) groups is 1. The Morgan fingerprint density at radius 3 is 2.47 bits per heavy atom. The zero-order chi connectivity index (χ0) is 24.0. The van der Waals surface area contributed by atoms with Gasteiger partial charge in [-0.15, -0.1) is 0 Å². The Morgan fingerprint density at radius 2 is 1.71 bits per heavy atom. The summed E-state index contributed by atoms with van der Waals surface area (Å²) in [5, 5.41) is 2.85. The number of amides is 1. The highest BCUT2D eigenvalue weighted by Gasteiger charge is 2.20. The molecule has 0 saturated carbocycles. The fourth-order valence-electron chi connectivity index (χ4n) is 3.31. The standard InChI is InChI=1S/C25H26N2O6S/c1-2-3-14-31-22-7-5-4-6-21(22)26-25(28)18-8-10-19(11-9-18)27-34(29,30)20-12-13-23-24(17-20)33-16-15-32-23/h4-13,17,27H,2-3,14-16H2,1H3,(H,26,28). The Morgan fingerprint density at radius 1 is 0.971 bits per heavy atom. The first kappa shape index (κ1) is 23.4. The van der Waals surface area contributed by atoms with Crippen molar-refractivity contribution in [2.45, 2.75) is 24.7 Å². The molecule has 4 rings (SSSR count). The molecule has 0 saturated heterocycles. The van der Waals surface area contributed by atoms with Gasteiger partial charge in [-0.2, -0.15) is 0 Å². The van der Waals surface area contributed by atoms with Gasteiger partial charge in [-0.25, -0.2) is 8.42 Å². The summed E-state index contributed by atoms with van der Waals surface area (Å²) in [6, 6.07) is 17.9. The van der Waals surface area contributed by atoms with Crippen LogP contribution in [0.25, 0.3) is 0 Å². The van der Waals surface area contributed by atoms with E-state index in [1.165, 1.54) is 24.3 Å². The molecule has 9 heteroatoms. The number of fused-ring (bicyclic) bond motifs is 1. The molecule has 0 spiro atoms. The summed E-state index contributed by atoms with van der Waals surface area (Å²) < 4.78 is 44.8. The van der Waals surface area contributed by atoms with E-state index in [0.29, 0.717) is 54.0 Å². The molecule has 0 atom stereocenters. The van der Waals surface area contributed by atoms with E-state index in [1.807, 2.05) is 12.1 Å². The molecule has 0 aromatic heterocycles. The van der Waals surface area contributed by atoms with Crippen LogP contribution in [0.4, 0.5) is 11.4 Å². The van der Waals surface area contributed by atoms with Gasteiger partial charge in [0.15, 0.2) is 11.5 Å². The molecule has 178 valence electrons. The summed E-state index contributed by atoms with van der Waals surface area (Å²) in [5.74, 6) is 1.18. The number of anilines is 2. The predicted octanol–water partition coefficient (Wildman–Crippen LogP) is 4.69. The van der Waals surface area contributed by atoms with Gasteiger partial charge in [0.25, 0.3) is 15.9 Å². The molecule has 1 heterocycles. The van der Waals surface area contributed by atoms with Gasteiger partial charge in [-0.05, 0) is 55.0 Å². The highest BCUT2D eigenvalue weighted by molar-refractivity contribution is 7.92. The van der Waals surface area contributed by atoms with Gasteiger partial charge in [0.1, 0.15) is 19.0 Å². The quantitative estimate of drug-likeness (QED) is 0.429. The van der Waals surface area contributed by atoms with Crippen LogP contribution in [-0.2, 0) is 10.0 Å². The number of hydrogen-bond acceptors (Lipinski definition) is 6. The third-order valence-corrected chi connectivity index (χ3v) is 6.49. The second-order valence-electron chi connectivity index (χ2n) is 7.64. The lowest BCUT2D eigenvalue weighted by atomic mass is 10.2. The molecule has 3 aromatic rings. The summed E-state index contributed by atoms with van der Waals surface area (Å²) in [6.45, 7) is 3.44. The highest BCUT2D eigenvalue weighted by Crippen LogP contribution is 2.33. The zero-order valence-corrected chi connectivity index (χ0v) is 19.6. The lowest BCUT2D eigenvalue weighted by Crippen LogP contribution is -2.17. The second-order valence-corrected chi connectivity index (χ2v) is 9.32. The maximum absolute atomic E-state index is 12.8. The molecule has 0 radical (unpaired) electrons. The van der Waals surface area contributed by atoms with Crippen molar-refractivity contribution in [3.63, 3.8) is 0 Å². The predicted molar refractivity (Wildman–Crippen MR) is 129 cm³/mol. The number of carbonyl (C=O) groups excluding carboxylic acids is 1. The molecule has 8 nitrogen and oxygen atoms in total. The van der Waals surface area contributed by atoms with Gasteiger partial charge < -0.3 is 19.5 Å². The normalized spacial score (nSPS) is 12.6. The SMILES string of the molecule is CCCCOc1ccccc1NC(=O)c1ccc(NS(=O)(=O)c2ccc3c(c2)OCCO3)cc1. The lowest BCUT2D eigenvalue weighted by molar-refractivity contribution is 0.102. The van der Waals surface area contributed by atoms with Crippen LogP contribution in [0.5, 0.6) is 17.2 Å². The molecular formula is C25H26N2O6S. The Balaban J connectivity index is 1.43. The van der Waals surface area contributed by atoms with Crippen LogP contribution in [0.15, 0.2) is 71.6 Å². The van der Waals surface area contributed by atoms with Crippen molar-refractivity contribution < 1.29 is 27.4 Å². The maximum atomic E-state index is 12.8. The van der Waals surface area contributed by atoms with Gasteiger partial charge >= 0.3 is 0 Å². The summed E-state index contributed by atoms with van der Waals surface area (Å²) >= 11 is 0. The van der Waals surface area contributed by atoms with Crippen LogP contribution < -0.4 is 24.2 Å². The third kappa shape index (κ3) is 5.60. The van der Waals surface area contributed by atoms with E-state index in [2.05, 4.69) is 17.0 Å². The minimum absolute atomic E-state index is 0.0539. The molecule has 0 unspecified atom stereocenters. The van der Waals surface area contributed by atoms with Crippen LogP contribution in [0, 0.1) is 0 Å². The van der Waals surface area contributed by atoms with Crippen LogP contribution in [0.3, 0.4) is 0 Å². The first-order chi connectivity index (χ1) is 16.5. The Hall–Kier alpha value is -3.72. The molecule has 0 fully saturated rings. The van der Waals surface area contributed by atoms with E-state index in [9.17, 15) is 13.2 Å². The number of benzene rings is 3.